The molecule has 0 radical (unpaired) electrons. The zero-order valence-corrected chi connectivity index (χ0v) is 7.20. The molecule has 10 heavy (non-hydrogen) atoms. The van der Waals surface area contributed by atoms with Crippen LogP contribution in [0.15, 0.2) is 0 Å². The molecule has 0 aromatic carbocycles. The molecule has 0 fully saturated rings. The molecule has 0 rings (SSSR count). The van der Waals surface area contributed by atoms with Crippen LogP contribution in [-0.2, 0) is 10.1 Å². The Morgan fingerprint density at radius 1 is 1.50 bits per heavy atom. The molecule has 62 valence electrons. The topological polar surface area (TPSA) is 66.4 Å². The monoisotopic (exact) mass is 167 g/mol. The molecular formula is C5H13NO3S. The summed E-state index contributed by atoms with van der Waals surface area (Å²) >= 11 is 0. The summed E-state index contributed by atoms with van der Waals surface area (Å²) in [6, 6.07) is 0. The maximum absolute atomic E-state index is 10.5. The van der Waals surface area contributed by atoms with Gasteiger partial charge in [-0.15, -0.1) is 0 Å². The molecule has 0 unspecified atom stereocenters. The van der Waals surface area contributed by atoms with E-state index >= 15 is 0 Å². The molecule has 0 aliphatic heterocycles. The Kier molecular flexibility index (Phi) is 2.82. The standard InChI is InChI=1S/C5H13NO3S/c1-4-6-5(2,3)10(7,8)9/h6H,4H2,1-3H3,(H,7,8,9). The second kappa shape index (κ2) is 2.86. The van der Waals surface area contributed by atoms with E-state index in [9.17, 15) is 8.42 Å². The van der Waals surface area contributed by atoms with Crippen molar-refractivity contribution in [1.29, 1.82) is 0 Å². The molecular weight excluding hydrogens is 154 g/mol. The minimum absolute atomic E-state index is 0.507. The van der Waals surface area contributed by atoms with Crippen LogP contribution >= 0.6 is 0 Å². The van der Waals surface area contributed by atoms with E-state index in [-0.39, 0.29) is 0 Å². The molecule has 0 aromatic heterocycles. The van der Waals surface area contributed by atoms with Crippen molar-refractivity contribution in [3.8, 4) is 0 Å². The van der Waals surface area contributed by atoms with Crippen LogP contribution in [0, 0.1) is 0 Å². The fourth-order valence-corrected chi connectivity index (χ4v) is 0.844. The quantitative estimate of drug-likeness (QED) is 0.590. The molecule has 0 saturated heterocycles. The number of hydrogen-bond donors (Lipinski definition) is 2. The minimum atomic E-state index is -3.98. The van der Waals surface area contributed by atoms with Crippen LogP contribution in [0.25, 0.3) is 0 Å². The molecule has 4 nitrogen and oxygen atoms in total. The van der Waals surface area contributed by atoms with Gasteiger partial charge < -0.3 is 0 Å². The Labute approximate surface area is 61.4 Å². The van der Waals surface area contributed by atoms with Gasteiger partial charge in [0.05, 0.1) is 0 Å². The molecule has 0 aliphatic carbocycles. The highest BCUT2D eigenvalue weighted by atomic mass is 32.2. The molecule has 5 heteroatoms. The molecule has 2 N–H and O–H groups in total. The first-order valence-electron chi connectivity index (χ1n) is 3.03. The Bertz CT molecular complexity index is 195. The van der Waals surface area contributed by atoms with E-state index in [0.29, 0.717) is 6.54 Å². The van der Waals surface area contributed by atoms with Crippen molar-refractivity contribution in [2.45, 2.75) is 25.6 Å². The molecule has 0 spiro atoms. The maximum Gasteiger partial charge on any atom is 0.283 e. The van der Waals surface area contributed by atoms with Crippen molar-refractivity contribution >= 4 is 10.1 Å². The highest BCUT2D eigenvalue weighted by Gasteiger charge is 2.30. The van der Waals surface area contributed by atoms with Crippen molar-refractivity contribution in [1.82, 2.24) is 5.32 Å². The summed E-state index contributed by atoms with van der Waals surface area (Å²) < 4.78 is 29.7. The van der Waals surface area contributed by atoms with Gasteiger partial charge in [0.2, 0.25) is 0 Å². The first-order valence-corrected chi connectivity index (χ1v) is 4.47. The number of rotatable bonds is 3. The van der Waals surface area contributed by atoms with E-state index in [4.69, 9.17) is 4.55 Å². The average molecular weight is 167 g/mol. The van der Waals surface area contributed by atoms with E-state index < -0.39 is 15.0 Å². The van der Waals surface area contributed by atoms with Crippen molar-refractivity contribution in [3.63, 3.8) is 0 Å². The van der Waals surface area contributed by atoms with Gasteiger partial charge >= 0.3 is 0 Å². The van der Waals surface area contributed by atoms with Gasteiger partial charge in [-0.1, -0.05) is 6.92 Å². The normalized spacial score (nSPS) is 13.6. The lowest BCUT2D eigenvalue weighted by Crippen LogP contribution is -2.46. The van der Waals surface area contributed by atoms with Crippen LogP contribution in [0.3, 0.4) is 0 Å². The third-order valence-electron chi connectivity index (χ3n) is 1.25. The summed E-state index contributed by atoms with van der Waals surface area (Å²) in [7, 11) is -3.98. The summed E-state index contributed by atoms with van der Waals surface area (Å²) in [6.07, 6.45) is 0. The SMILES string of the molecule is CCNC(C)(C)S(=O)(=O)O. The molecule has 0 heterocycles. The van der Waals surface area contributed by atoms with Crippen LogP contribution in [-0.4, -0.2) is 24.4 Å². The fourth-order valence-electron chi connectivity index (χ4n) is 0.517. The van der Waals surface area contributed by atoms with Gasteiger partial charge in [0.1, 0.15) is 4.87 Å². The fraction of sp³-hybridized carbons (Fsp3) is 1.00. The third-order valence-corrected chi connectivity index (χ3v) is 2.68. The smallest absolute Gasteiger partial charge is 0.283 e. The van der Waals surface area contributed by atoms with E-state index in [1.165, 1.54) is 13.8 Å². The molecule has 0 aliphatic rings. The van der Waals surface area contributed by atoms with Crippen LogP contribution in [0.5, 0.6) is 0 Å². The van der Waals surface area contributed by atoms with Crippen LogP contribution in [0.1, 0.15) is 20.8 Å². The van der Waals surface area contributed by atoms with Crippen LogP contribution in [0.4, 0.5) is 0 Å². The zero-order chi connectivity index (χ0) is 8.41. The Morgan fingerprint density at radius 2 is 1.90 bits per heavy atom. The van der Waals surface area contributed by atoms with Crippen molar-refractivity contribution in [2.75, 3.05) is 6.54 Å². The number of hydrogen-bond acceptors (Lipinski definition) is 3. The molecule has 0 atom stereocenters. The summed E-state index contributed by atoms with van der Waals surface area (Å²) in [5, 5.41) is 2.62. The Hall–Kier alpha value is -0.130. The first-order chi connectivity index (χ1) is 4.31. The predicted molar refractivity (Wildman–Crippen MR) is 39.3 cm³/mol. The van der Waals surface area contributed by atoms with Gasteiger partial charge in [-0.2, -0.15) is 8.42 Å². The highest BCUT2D eigenvalue weighted by molar-refractivity contribution is 7.87. The van der Waals surface area contributed by atoms with Gasteiger partial charge in [0.15, 0.2) is 0 Å². The van der Waals surface area contributed by atoms with Crippen LogP contribution in [0.2, 0.25) is 0 Å². The molecule has 0 aromatic rings. The molecule has 0 amide bonds. The third kappa shape index (κ3) is 2.24. The van der Waals surface area contributed by atoms with Crippen molar-refractivity contribution < 1.29 is 13.0 Å². The second-order valence-electron chi connectivity index (χ2n) is 2.52. The zero-order valence-electron chi connectivity index (χ0n) is 6.38. The lowest BCUT2D eigenvalue weighted by molar-refractivity contribution is 0.411. The van der Waals surface area contributed by atoms with Crippen molar-refractivity contribution in [3.05, 3.63) is 0 Å². The summed E-state index contributed by atoms with van der Waals surface area (Å²) in [4.78, 5) is -1.23. The first kappa shape index (κ1) is 9.87. The Morgan fingerprint density at radius 3 is 2.00 bits per heavy atom. The van der Waals surface area contributed by atoms with Gasteiger partial charge in [-0.3, -0.25) is 9.87 Å². The van der Waals surface area contributed by atoms with Gasteiger partial charge in [-0.05, 0) is 20.4 Å². The maximum atomic E-state index is 10.5. The minimum Gasteiger partial charge on any atom is -0.297 e. The second-order valence-corrected chi connectivity index (χ2v) is 4.49. The summed E-state index contributed by atoms with van der Waals surface area (Å²) in [5.74, 6) is 0. The lowest BCUT2D eigenvalue weighted by Gasteiger charge is -2.21. The molecule has 0 saturated carbocycles. The predicted octanol–water partition coefficient (Wildman–Crippen LogP) is 0.220. The highest BCUT2D eigenvalue weighted by Crippen LogP contribution is 2.08. The van der Waals surface area contributed by atoms with Gasteiger partial charge in [-0.25, -0.2) is 0 Å². The van der Waals surface area contributed by atoms with E-state index in [2.05, 4.69) is 5.32 Å². The average Bonchev–Trinajstić information content (AvgIpc) is 1.61. The summed E-state index contributed by atoms with van der Waals surface area (Å²) in [6.45, 7) is 5.09. The van der Waals surface area contributed by atoms with E-state index in [1.807, 2.05) is 0 Å². The number of nitrogens with one attached hydrogen (secondary N) is 1. The van der Waals surface area contributed by atoms with Crippen LogP contribution < -0.4 is 5.32 Å². The van der Waals surface area contributed by atoms with Gasteiger partial charge in [0.25, 0.3) is 10.1 Å². The van der Waals surface area contributed by atoms with E-state index in [1.54, 1.807) is 6.92 Å². The Balaban J connectivity index is 4.42. The lowest BCUT2D eigenvalue weighted by atomic mass is 10.4. The van der Waals surface area contributed by atoms with Gasteiger partial charge in [0, 0.05) is 0 Å². The largest absolute Gasteiger partial charge is 0.297 e. The molecule has 0 bridgehead atoms. The summed E-state index contributed by atoms with van der Waals surface area (Å²) in [5.41, 5.74) is 0. The van der Waals surface area contributed by atoms with Crippen molar-refractivity contribution in [2.24, 2.45) is 0 Å². The van der Waals surface area contributed by atoms with E-state index in [0.717, 1.165) is 0 Å².